The number of aliphatic hydroxyl groups excluding tert-OH is 1. The Morgan fingerprint density at radius 2 is 1.92 bits per heavy atom. The molecule has 0 bridgehead atoms. The van der Waals surface area contributed by atoms with Crippen LogP contribution < -0.4 is 5.73 Å². The van der Waals surface area contributed by atoms with E-state index in [1.54, 1.807) is 4.90 Å². The summed E-state index contributed by atoms with van der Waals surface area (Å²) in [6, 6.07) is 5.52. The SMILES string of the molecule is C[C@H](O)c1onc(-c2ccc(F)cc2)c1C(=O)N1CCC(C(N)=O)CC1. The average Bonchev–Trinajstić information content (AvgIpc) is 3.07. The Balaban J connectivity index is 1.92. The fourth-order valence-corrected chi connectivity index (χ4v) is 3.12. The Morgan fingerprint density at radius 3 is 2.46 bits per heavy atom. The summed E-state index contributed by atoms with van der Waals surface area (Å²) in [5.41, 5.74) is 6.25. The van der Waals surface area contributed by atoms with Gasteiger partial charge in [-0.25, -0.2) is 4.39 Å². The number of piperidine rings is 1. The van der Waals surface area contributed by atoms with Crippen LogP contribution in [0.25, 0.3) is 11.3 Å². The molecular weight excluding hydrogens is 341 g/mol. The monoisotopic (exact) mass is 361 g/mol. The zero-order chi connectivity index (χ0) is 18.8. The van der Waals surface area contributed by atoms with Crippen molar-refractivity contribution in [3.63, 3.8) is 0 Å². The molecule has 0 aliphatic carbocycles. The van der Waals surface area contributed by atoms with Crippen molar-refractivity contribution in [2.24, 2.45) is 11.7 Å². The first-order chi connectivity index (χ1) is 12.4. The largest absolute Gasteiger partial charge is 0.385 e. The van der Waals surface area contributed by atoms with Crippen molar-refractivity contribution in [1.29, 1.82) is 0 Å². The summed E-state index contributed by atoms with van der Waals surface area (Å²) < 4.78 is 18.4. The quantitative estimate of drug-likeness (QED) is 0.864. The molecule has 26 heavy (non-hydrogen) atoms. The molecule has 0 unspecified atom stereocenters. The number of nitrogens with two attached hydrogens (primary N) is 1. The van der Waals surface area contributed by atoms with Gasteiger partial charge in [0.25, 0.3) is 5.91 Å². The number of aromatic nitrogens is 1. The molecule has 1 aliphatic heterocycles. The normalized spacial score (nSPS) is 16.5. The molecule has 0 saturated carbocycles. The molecule has 7 nitrogen and oxygen atoms in total. The van der Waals surface area contributed by atoms with E-state index >= 15 is 0 Å². The number of benzene rings is 1. The van der Waals surface area contributed by atoms with Crippen LogP contribution >= 0.6 is 0 Å². The van der Waals surface area contributed by atoms with Gasteiger partial charge in [-0.2, -0.15) is 0 Å². The van der Waals surface area contributed by atoms with Crippen LogP contribution in [0, 0.1) is 11.7 Å². The van der Waals surface area contributed by atoms with Crippen LogP contribution in [-0.4, -0.2) is 40.1 Å². The molecule has 3 rings (SSSR count). The Hall–Kier alpha value is -2.74. The highest BCUT2D eigenvalue weighted by Crippen LogP contribution is 2.31. The van der Waals surface area contributed by atoms with Crippen LogP contribution in [-0.2, 0) is 4.79 Å². The predicted octanol–water partition coefficient (Wildman–Crippen LogP) is 1.87. The number of hydrogen-bond donors (Lipinski definition) is 2. The van der Waals surface area contributed by atoms with E-state index in [4.69, 9.17) is 10.3 Å². The highest BCUT2D eigenvalue weighted by atomic mass is 19.1. The molecule has 1 aliphatic rings. The number of primary amides is 1. The Bertz CT molecular complexity index is 808. The number of carbonyl (C=O) groups excluding carboxylic acids is 2. The molecule has 1 fully saturated rings. The second-order valence-corrected chi connectivity index (χ2v) is 6.42. The predicted molar refractivity (Wildman–Crippen MR) is 90.4 cm³/mol. The third-order valence-corrected chi connectivity index (χ3v) is 4.61. The molecule has 138 valence electrons. The summed E-state index contributed by atoms with van der Waals surface area (Å²) in [7, 11) is 0. The van der Waals surface area contributed by atoms with Crippen LogP contribution in [0.5, 0.6) is 0 Å². The number of nitrogens with zero attached hydrogens (tertiary/aromatic N) is 2. The molecule has 1 saturated heterocycles. The molecule has 2 heterocycles. The van der Waals surface area contributed by atoms with Crippen molar-refractivity contribution in [2.45, 2.75) is 25.9 Å². The fraction of sp³-hybridized carbons (Fsp3) is 0.389. The van der Waals surface area contributed by atoms with Gasteiger partial charge in [0.1, 0.15) is 23.2 Å². The Labute approximate surface area is 149 Å². The molecule has 0 spiro atoms. The number of hydrogen-bond acceptors (Lipinski definition) is 5. The van der Waals surface area contributed by atoms with Gasteiger partial charge in [-0.15, -0.1) is 0 Å². The van der Waals surface area contributed by atoms with Gasteiger partial charge in [0, 0.05) is 24.6 Å². The third kappa shape index (κ3) is 3.45. The lowest BCUT2D eigenvalue weighted by molar-refractivity contribution is -0.123. The van der Waals surface area contributed by atoms with E-state index in [0.717, 1.165) is 0 Å². The fourth-order valence-electron chi connectivity index (χ4n) is 3.12. The van der Waals surface area contributed by atoms with Gasteiger partial charge >= 0.3 is 0 Å². The van der Waals surface area contributed by atoms with E-state index in [1.165, 1.54) is 31.2 Å². The van der Waals surface area contributed by atoms with Crippen molar-refractivity contribution in [1.82, 2.24) is 10.1 Å². The summed E-state index contributed by atoms with van der Waals surface area (Å²) >= 11 is 0. The second-order valence-electron chi connectivity index (χ2n) is 6.42. The van der Waals surface area contributed by atoms with Gasteiger partial charge in [-0.05, 0) is 44.0 Å². The smallest absolute Gasteiger partial charge is 0.259 e. The lowest BCUT2D eigenvalue weighted by Crippen LogP contribution is -2.42. The first kappa shape index (κ1) is 18.1. The molecule has 8 heteroatoms. The van der Waals surface area contributed by atoms with E-state index < -0.39 is 11.9 Å². The first-order valence-corrected chi connectivity index (χ1v) is 8.40. The maximum absolute atomic E-state index is 13.2. The zero-order valence-corrected chi connectivity index (χ0v) is 14.3. The van der Waals surface area contributed by atoms with Crippen molar-refractivity contribution in [2.75, 3.05) is 13.1 Å². The van der Waals surface area contributed by atoms with Crippen molar-refractivity contribution >= 4 is 11.8 Å². The van der Waals surface area contributed by atoms with E-state index in [2.05, 4.69) is 5.16 Å². The number of aliphatic hydroxyl groups is 1. The van der Waals surface area contributed by atoms with Gasteiger partial charge in [0.15, 0.2) is 5.76 Å². The Morgan fingerprint density at radius 1 is 1.31 bits per heavy atom. The topological polar surface area (TPSA) is 110 Å². The number of rotatable bonds is 4. The van der Waals surface area contributed by atoms with E-state index in [1.807, 2.05) is 0 Å². The lowest BCUT2D eigenvalue weighted by atomic mass is 9.95. The number of likely N-dealkylation sites (tertiary alicyclic amines) is 1. The summed E-state index contributed by atoms with van der Waals surface area (Å²) in [6.07, 6.45) is -0.0522. The van der Waals surface area contributed by atoms with Crippen LogP contribution in [0.4, 0.5) is 4.39 Å². The van der Waals surface area contributed by atoms with Crippen LogP contribution in [0.3, 0.4) is 0 Å². The standard InChI is InChI=1S/C18H20FN3O4/c1-10(23)16-14(15(21-26-16)11-2-4-13(19)5-3-11)18(25)22-8-6-12(7-9-22)17(20)24/h2-5,10,12,23H,6-9H2,1H3,(H2,20,24)/t10-/m0/s1. The molecular formula is C18H20FN3O4. The minimum absolute atomic E-state index is 0.0614. The van der Waals surface area contributed by atoms with E-state index in [0.29, 0.717) is 31.5 Å². The summed E-state index contributed by atoms with van der Waals surface area (Å²) in [6.45, 7) is 2.23. The van der Waals surface area contributed by atoms with Gasteiger partial charge in [0.2, 0.25) is 5.91 Å². The van der Waals surface area contributed by atoms with E-state index in [9.17, 15) is 19.1 Å². The molecule has 1 atom stereocenters. The molecule has 1 aromatic heterocycles. The lowest BCUT2D eigenvalue weighted by Gasteiger charge is -2.30. The minimum atomic E-state index is -1.03. The van der Waals surface area contributed by atoms with Crippen LogP contribution in [0.1, 0.15) is 42.0 Å². The Kier molecular flexibility index (Phi) is 5.03. The van der Waals surface area contributed by atoms with Gasteiger partial charge in [-0.3, -0.25) is 9.59 Å². The number of halogens is 1. The van der Waals surface area contributed by atoms with Crippen LogP contribution in [0.2, 0.25) is 0 Å². The maximum Gasteiger partial charge on any atom is 0.259 e. The summed E-state index contributed by atoms with van der Waals surface area (Å²) in [5.74, 6) is -1.29. The second kappa shape index (κ2) is 7.25. The zero-order valence-electron chi connectivity index (χ0n) is 14.3. The first-order valence-electron chi connectivity index (χ1n) is 8.40. The summed E-state index contributed by atoms with van der Waals surface area (Å²) in [4.78, 5) is 25.9. The third-order valence-electron chi connectivity index (χ3n) is 4.61. The van der Waals surface area contributed by atoms with Crippen molar-refractivity contribution in [3.05, 3.63) is 41.4 Å². The van der Waals surface area contributed by atoms with Gasteiger partial charge < -0.3 is 20.3 Å². The van der Waals surface area contributed by atoms with Crippen molar-refractivity contribution < 1.29 is 23.6 Å². The van der Waals surface area contributed by atoms with Gasteiger partial charge in [-0.1, -0.05) is 5.16 Å². The number of amides is 2. The highest BCUT2D eigenvalue weighted by Gasteiger charge is 2.32. The van der Waals surface area contributed by atoms with Gasteiger partial charge in [0.05, 0.1) is 0 Å². The van der Waals surface area contributed by atoms with Crippen LogP contribution in [0.15, 0.2) is 28.8 Å². The van der Waals surface area contributed by atoms with Crippen molar-refractivity contribution in [3.8, 4) is 11.3 Å². The minimum Gasteiger partial charge on any atom is -0.385 e. The maximum atomic E-state index is 13.2. The molecule has 2 aromatic rings. The molecule has 2 amide bonds. The number of carbonyl (C=O) groups is 2. The molecule has 0 radical (unpaired) electrons. The average molecular weight is 361 g/mol. The molecule has 1 aromatic carbocycles. The van der Waals surface area contributed by atoms with E-state index in [-0.39, 0.29) is 34.7 Å². The molecule has 3 N–H and O–H groups in total. The highest BCUT2D eigenvalue weighted by molar-refractivity contribution is 6.01. The summed E-state index contributed by atoms with van der Waals surface area (Å²) in [5, 5.41) is 13.9.